The van der Waals surface area contributed by atoms with Gasteiger partial charge in [-0.2, -0.15) is 0 Å². The highest BCUT2D eigenvalue weighted by atomic mass is 32.2. The fourth-order valence-electron chi connectivity index (χ4n) is 1.50. The summed E-state index contributed by atoms with van der Waals surface area (Å²) in [6.45, 7) is 1.64. The van der Waals surface area contributed by atoms with Crippen molar-refractivity contribution in [3.8, 4) is 10.4 Å². The second kappa shape index (κ2) is 4.50. The predicted molar refractivity (Wildman–Crippen MR) is 71.9 cm³/mol. The Bertz CT molecular complexity index is 612. The van der Waals surface area contributed by atoms with E-state index in [-0.39, 0.29) is 5.75 Å². The van der Waals surface area contributed by atoms with E-state index in [1.165, 1.54) is 11.3 Å². The quantitative estimate of drug-likeness (QED) is 0.930. The molecule has 0 spiro atoms. The van der Waals surface area contributed by atoms with Gasteiger partial charge in [-0.05, 0) is 29.8 Å². The van der Waals surface area contributed by atoms with Crippen LogP contribution in [0.5, 0.6) is 0 Å². The number of thiophene rings is 1. The molecule has 0 bridgehead atoms. The van der Waals surface area contributed by atoms with Crippen molar-refractivity contribution in [2.24, 2.45) is 0 Å². The largest absolute Gasteiger partial charge is 0.391 e. The van der Waals surface area contributed by atoms with Gasteiger partial charge in [-0.1, -0.05) is 19.1 Å². The molecule has 90 valence electrons. The van der Waals surface area contributed by atoms with Crippen LogP contribution in [0.1, 0.15) is 6.92 Å². The molecule has 5 heteroatoms. The molecule has 1 aromatic carbocycles. The Morgan fingerprint density at radius 3 is 2.24 bits per heavy atom. The van der Waals surface area contributed by atoms with Gasteiger partial charge >= 0.3 is 0 Å². The second-order valence-corrected chi connectivity index (χ2v) is 7.02. The van der Waals surface area contributed by atoms with E-state index in [1.807, 2.05) is 24.3 Å². The highest BCUT2D eigenvalue weighted by molar-refractivity contribution is 7.91. The summed E-state index contributed by atoms with van der Waals surface area (Å²) in [6.07, 6.45) is 0. The van der Waals surface area contributed by atoms with Crippen LogP contribution < -0.4 is 5.73 Å². The van der Waals surface area contributed by atoms with Crippen LogP contribution in [0.15, 0.2) is 41.3 Å². The highest BCUT2D eigenvalue weighted by Gasteiger charge is 2.11. The average Bonchev–Trinajstić information content (AvgIpc) is 2.76. The minimum absolute atomic E-state index is 0.123. The minimum atomic E-state index is -3.11. The first-order chi connectivity index (χ1) is 8.03. The van der Waals surface area contributed by atoms with Crippen LogP contribution in [0, 0.1) is 0 Å². The maximum atomic E-state index is 11.6. The van der Waals surface area contributed by atoms with Crippen molar-refractivity contribution in [1.29, 1.82) is 0 Å². The third kappa shape index (κ3) is 2.50. The van der Waals surface area contributed by atoms with E-state index in [0.717, 1.165) is 15.4 Å². The number of nitrogens with two attached hydrogens (primary N) is 1. The third-order valence-electron chi connectivity index (χ3n) is 2.50. The maximum absolute atomic E-state index is 11.6. The topological polar surface area (TPSA) is 60.2 Å². The van der Waals surface area contributed by atoms with Gasteiger partial charge < -0.3 is 5.73 Å². The lowest BCUT2D eigenvalue weighted by Crippen LogP contribution is -2.02. The number of anilines is 1. The second-order valence-electron chi connectivity index (χ2n) is 3.63. The van der Waals surface area contributed by atoms with Crippen molar-refractivity contribution in [3.05, 3.63) is 36.4 Å². The van der Waals surface area contributed by atoms with Crippen molar-refractivity contribution >= 4 is 26.2 Å². The van der Waals surface area contributed by atoms with E-state index in [4.69, 9.17) is 5.73 Å². The van der Waals surface area contributed by atoms with Crippen molar-refractivity contribution in [2.75, 3.05) is 11.5 Å². The van der Waals surface area contributed by atoms with E-state index in [9.17, 15) is 8.42 Å². The van der Waals surface area contributed by atoms with Crippen molar-refractivity contribution in [2.45, 2.75) is 11.8 Å². The number of hydrogen-bond donors (Lipinski definition) is 1. The van der Waals surface area contributed by atoms with Gasteiger partial charge in [-0.25, -0.2) is 8.42 Å². The molecule has 0 aliphatic heterocycles. The summed E-state index contributed by atoms with van der Waals surface area (Å²) in [5.41, 5.74) is 6.65. The standard InChI is InChI=1S/C12H13NO2S2/c1-2-17(14,15)10-5-3-9(4-6-10)11-7-8-12(13)16-11/h3-8H,2,13H2,1H3. The van der Waals surface area contributed by atoms with Crippen LogP contribution in [0.4, 0.5) is 5.00 Å². The summed E-state index contributed by atoms with van der Waals surface area (Å²) in [4.78, 5) is 1.41. The molecule has 0 saturated carbocycles. The SMILES string of the molecule is CCS(=O)(=O)c1ccc(-c2ccc(N)s2)cc1. The molecule has 0 amide bonds. The molecule has 1 aromatic heterocycles. The summed E-state index contributed by atoms with van der Waals surface area (Å²) in [5, 5.41) is 0.755. The fraction of sp³-hybridized carbons (Fsp3) is 0.167. The van der Waals surface area contributed by atoms with Crippen LogP contribution in [0.25, 0.3) is 10.4 Å². The summed E-state index contributed by atoms with van der Waals surface area (Å²) >= 11 is 1.49. The van der Waals surface area contributed by atoms with Crippen LogP contribution in [-0.2, 0) is 9.84 Å². The molecular formula is C12H13NO2S2. The number of nitrogen functional groups attached to an aromatic ring is 1. The van der Waals surface area contributed by atoms with E-state index < -0.39 is 9.84 Å². The van der Waals surface area contributed by atoms with Crippen LogP contribution in [0.3, 0.4) is 0 Å². The van der Waals surface area contributed by atoms with Gasteiger partial charge in [0.25, 0.3) is 0 Å². The van der Waals surface area contributed by atoms with Gasteiger partial charge in [-0.3, -0.25) is 0 Å². The lowest BCUT2D eigenvalue weighted by molar-refractivity contribution is 0.597. The van der Waals surface area contributed by atoms with Crippen molar-refractivity contribution in [1.82, 2.24) is 0 Å². The predicted octanol–water partition coefficient (Wildman–Crippen LogP) is 2.79. The third-order valence-corrected chi connectivity index (χ3v) is 5.22. The van der Waals surface area contributed by atoms with Gasteiger partial charge in [0.15, 0.2) is 9.84 Å². The lowest BCUT2D eigenvalue weighted by Gasteiger charge is -2.02. The normalized spacial score (nSPS) is 11.6. The number of benzene rings is 1. The molecule has 0 aliphatic rings. The summed E-state index contributed by atoms with van der Waals surface area (Å²) in [7, 11) is -3.11. The zero-order valence-electron chi connectivity index (χ0n) is 9.38. The first kappa shape index (κ1) is 12.1. The minimum Gasteiger partial charge on any atom is -0.391 e. The van der Waals surface area contributed by atoms with Gasteiger partial charge in [0, 0.05) is 4.88 Å². The molecule has 2 aromatic rings. The van der Waals surface area contributed by atoms with Gasteiger partial charge in [0.05, 0.1) is 15.6 Å². The van der Waals surface area contributed by atoms with E-state index in [1.54, 1.807) is 19.1 Å². The highest BCUT2D eigenvalue weighted by Crippen LogP contribution is 2.30. The zero-order valence-corrected chi connectivity index (χ0v) is 11.0. The molecular weight excluding hydrogens is 254 g/mol. The Morgan fingerprint density at radius 1 is 1.12 bits per heavy atom. The van der Waals surface area contributed by atoms with E-state index in [2.05, 4.69) is 0 Å². The monoisotopic (exact) mass is 267 g/mol. The molecule has 1 heterocycles. The zero-order chi connectivity index (χ0) is 12.5. The molecule has 0 unspecified atom stereocenters. The molecule has 0 atom stereocenters. The maximum Gasteiger partial charge on any atom is 0.178 e. The van der Waals surface area contributed by atoms with Gasteiger partial charge in [0.2, 0.25) is 0 Å². The molecule has 3 nitrogen and oxygen atoms in total. The van der Waals surface area contributed by atoms with Crippen LogP contribution in [0.2, 0.25) is 0 Å². The smallest absolute Gasteiger partial charge is 0.178 e. The lowest BCUT2D eigenvalue weighted by atomic mass is 10.2. The Labute approximate surface area is 105 Å². The fourth-order valence-corrected chi connectivity index (χ4v) is 3.17. The molecule has 0 aliphatic carbocycles. The van der Waals surface area contributed by atoms with Crippen LogP contribution in [-0.4, -0.2) is 14.2 Å². The molecule has 0 radical (unpaired) electrons. The average molecular weight is 267 g/mol. The molecule has 0 saturated heterocycles. The first-order valence-electron chi connectivity index (χ1n) is 5.21. The van der Waals surface area contributed by atoms with Gasteiger partial charge in [-0.15, -0.1) is 11.3 Å². The molecule has 2 N–H and O–H groups in total. The molecule has 2 rings (SSSR count). The van der Waals surface area contributed by atoms with E-state index in [0.29, 0.717) is 4.90 Å². The number of hydrogen-bond acceptors (Lipinski definition) is 4. The Balaban J connectivity index is 2.37. The summed E-state index contributed by atoms with van der Waals surface area (Å²) in [6, 6.07) is 10.7. The van der Waals surface area contributed by atoms with Crippen LogP contribution >= 0.6 is 11.3 Å². The van der Waals surface area contributed by atoms with Crippen molar-refractivity contribution in [3.63, 3.8) is 0 Å². The first-order valence-corrected chi connectivity index (χ1v) is 7.68. The Kier molecular flexibility index (Phi) is 3.22. The number of rotatable bonds is 3. The Hall–Kier alpha value is -1.33. The van der Waals surface area contributed by atoms with Gasteiger partial charge in [0.1, 0.15) is 0 Å². The summed E-state index contributed by atoms with van der Waals surface area (Å²) < 4.78 is 23.3. The van der Waals surface area contributed by atoms with E-state index >= 15 is 0 Å². The Morgan fingerprint density at radius 2 is 1.76 bits per heavy atom. The number of sulfone groups is 1. The van der Waals surface area contributed by atoms with Crippen molar-refractivity contribution < 1.29 is 8.42 Å². The summed E-state index contributed by atoms with van der Waals surface area (Å²) in [5.74, 6) is 0.123. The molecule has 0 fully saturated rings. The molecule has 17 heavy (non-hydrogen) atoms.